The molecule has 0 aromatic heterocycles. The summed E-state index contributed by atoms with van der Waals surface area (Å²) < 4.78 is 44.5. The highest BCUT2D eigenvalue weighted by Gasteiger charge is 2.30. The van der Waals surface area contributed by atoms with E-state index in [1.165, 1.54) is 12.1 Å². The van der Waals surface area contributed by atoms with Gasteiger partial charge in [-0.15, -0.1) is 0 Å². The van der Waals surface area contributed by atoms with E-state index in [1.807, 2.05) is 6.07 Å². The Morgan fingerprint density at radius 3 is 2.30 bits per heavy atom. The highest BCUT2D eigenvalue weighted by molar-refractivity contribution is 5.82. The first-order valence-corrected chi connectivity index (χ1v) is 9.99. The molecule has 2 rings (SSSR count). The van der Waals surface area contributed by atoms with Crippen LogP contribution in [0.5, 0.6) is 0 Å². The van der Waals surface area contributed by atoms with Crippen LogP contribution in [-0.2, 0) is 10.9 Å². The van der Waals surface area contributed by atoms with Crippen LogP contribution in [0.4, 0.5) is 23.7 Å². The van der Waals surface area contributed by atoms with Crippen LogP contribution in [-0.4, -0.2) is 17.9 Å². The Morgan fingerprint density at radius 2 is 1.79 bits per heavy atom. The fourth-order valence-corrected chi connectivity index (χ4v) is 2.99. The number of anilines is 1. The van der Waals surface area contributed by atoms with Gasteiger partial charge in [0.25, 0.3) is 0 Å². The monoisotopic (exact) mass is 458 g/mol. The maximum atomic E-state index is 13.1. The normalized spacial score (nSPS) is 13.3. The topological polar surface area (TPSA) is 98.0 Å². The van der Waals surface area contributed by atoms with Crippen LogP contribution < -0.4 is 10.6 Å². The van der Waals surface area contributed by atoms with E-state index < -0.39 is 29.5 Å². The average molecular weight is 458 g/mol. The summed E-state index contributed by atoms with van der Waals surface area (Å²) in [6, 6.07) is 12.2. The predicted octanol–water partition coefficient (Wildman–Crippen LogP) is 6.18. The lowest BCUT2D eigenvalue weighted by Gasteiger charge is -2.26. The summed E-state index contributed by atoms with van der Waals surface area (Å²) in [5.74, 6) is 0. The number of nitrogens with one attached hydrogen (secondary N) is 3. The molecule has 0 bridgehead atoms. The van der Waals surface area contributed by atoms with Gasteiger partial charge in [0.2, 0.25) is 0 Å². The summed E-state index contributed by atoms with van der Waals surface area (Å²) in [5, 5.41) is 22.6. The summed E-state index contributed by atoms with van der Waals surface area (Å²) in [5.41, 5.74) is 0.221. The molecule has 0 unspecified atom stereocenters. The number of benzene rings is 2. The molecule has 174 valence electrons. The molecular formula is C24H25F3N4O2. The third-order valence-corrected chi connectivity index (χ3v) is 4.46. The molecule has 0 saturated carbocycles. The number of ether oxygens (including phenoxy) is 1. The Labute approximate surface area is 190 Å². The Kier molecular flexibility index (Phi) is 7.88. The van der Waals surface area contributed by atoms with Crippen molar-refractivity contribution in [3.8, 4) is 6.07 Å². The number of alkyl carbamates (subject to hydrolysis) is 1. The van der Waals surface area contributed by atoms with Crippen molar-refractivity contribution in [2.75, 3.05) is 5.32 Å². The van der Waals surface area contributed by atoms with Crippen LogP contribution in [0, 0.1) is 16.7 Å². The van der Waals surface area contributed by atoms with Gasteiger partial charge in [0.05, 0.1) is 23.2 Å². The van der Waals surface area contributed by atoms with E-state index in [0.717, 1.165) is 18.3 Å². The van der Waals surface area contributed by atoms with Gasteiger partial charge in [-0.1, -0.05) is 18.2 Å². The van der Waals surface area contributed by atoms with E-state index in [0.29, 0.717) is 22.4 Å². The average Bonchev–Trinajstić information content (AvgIpc) is 2.72. The molecule has 0 fully saturated rings. The zero-order chi connectivity index (χ0) is 24.8. The van der Waals surface area contributed by atoms with Crippen molar-refractivity contribution in [2.45, 2.75) is 45.5 Å². The number of allylic oxidation sites excluding steroid dienone is 1. The minimum atomic E-state index is -4.50. The van der Waals surface area contributed by atoms with E-state index in [9.17, 15) is 18.0 Å². The number of nitriles is 1. The van der Waals surface area contributed by atoms with E-state index >= 15 is 0 Å². The number of rotatable bonds is 6. The zero-order valence-electron chi connectivity index (χ0n) is 18.7. The Hall–Kier alpha value is -3.80. The number of nitrogens with zero attached hydrogens (tertiary/aromatic N) is 1. The van der Waals surface area contributed by atoms with Crippen LogP contribution in [0.2, 0.25) is 0 Å². The van der Waals surface area contributed by atoms with Crippen LogP contribution in [0.15, 0.2) is 59.8 Å². The highest BCUT2D eigenvalue weighted by Crippen LogP contribution is 2.31. The van der Waals surface area contributed by atoms with E-state index in [-0.39, 0.29) is 5.69 Å². The molecule has 9 heteroatoms. The molecule has 3 N–H and O–H groups in total. The fourth-order valence-electron chi connectivity index (χ4n) is 2.99. The molecule has 0 saturated heterocycles. The van der Waals surface area contributed by atoms with Crippen molar-refractivity contribution in [3.63, 3.8) is 0 Å². The lowest BCUT2D eigenvalue weighted by Crippen LogP contribution is -2.36. The summed E-state index contributed by atoms with van der Waals surface area (Å²) in [7, 11) is 0. The van der Waals surface area contributed by atoms with Gasteiger partial charge in [-0.25, -0.2) is 4.79 Å². The number of halogens is 3. The van der Waals surface area contributed by atoms with E-state index in [1.54, 1.807) is 52.0 Å². The second kappa shape index (κ2) is 10.2. The quantitative estimate of drug-likeness (QED) is 0.450. The first-order valence-electron chi connectivity index (χ1n) is 9.99. The van der Waals surface area contributed by atoms with Gasteiger partial charge < -0.3 is 20.8 Å². The van der Waals surface area contributed by atoms with Gasteiger partial charge in [0, 0.05) is 23.2 Å². The summed E-state index contributed by atoms with van der Waals surface area (Å²) in [4.78, 5) is 12.5. The van der Waals surface area contributed by atoms with Gasteiger partial charge in [0.1, 0.15) is 5.60 Å². The minimum absolute atomic E-state index is 0.178. The van der Waals surface area contributed by atoms with E-state index in [4.69, 9.17) is 15.4 Å². The van der Waals surface area contributed by atoms with Crippen molar-refractivity contribution in [3.05, 3.63) is 76.5 Å². The van der Waals surface area contributed by atoms with Gasteiger partial charge in [0.15, 0.2) is 0 Å². The largest absolute Gasteiger partial charge is 0.444 e. The van der Waals surface area contributed by atoms with Gasteiger partial charge in [-0.3, -0.25) is 0 Å². The molecule has 1 atom stereocenters. The molecule has 2 aromatic rings. The maximum absolute atomic E-state index is 13.1. The highest BCUT2D eigenvalue weighted by atomic mass is 19.4. The second-order valence-electron chi connectivity index (χ2n) is 8.24. The molecule has 6 nitrogen and oxygen atoms in total. The van der Waals surface area contributed by atoms with Gasteiger partial charge >= 0.3 is 12.3 Å². The number of hydrogen-bond donors (Lipinski definition) is 3. The molecular weight excluding hydrogens is 433 g/mol. The maximum Gasteiger partial charge on any atom is 0.416 e. The van der Waals surface area contributed by atoms with Crippen molar-refractivity contribution in [1.82, 2.24) is 5.32 Å². The summed E-state index contributed by atoms with van der Waals surface area (Å²) in [6.45, 7) is 6.71. The third kappa shape index (κ3) is 7.38. The standard InChI is InChI=1S/C24H25F3N4O2/c1-15(30-19-7-5-6-18(12-19)24(25,26)27)20(14-29)21(31-22(32)33-23(2,3)4)17-10-8-16(13-28)9-11-17/h5-12,14,21,29-30H,1-4H3,(H,31,32)/b20-15-,29-14?/t21-/m1/s1. The van der Waals surface area contributed by atoms with Gasteiger partial charge in [-0.05, 0) is 63.6 Å². The predicted molar refractivity (Wildman–Crippen MR) is 120 cm³/mol. The number of amides is 1. The van der Waals surface area contributed by atoms with Crippen LogP contribution in [0.25, 0.3) is 0 Å². The molecule has 0 aliphatic carbocycles. The number of hydrogen-bond acceptors (Lipinski definition) is 5. The lowest BCUT2D eigenvalue weighted by molar-refractivity contribution is -0.137. The molecule has 0 spiro atoms. The Balaban J connectivity index is 2.46. The first-order chi connectivity index (χ1) is 15.3. The number of alkyl halides is 3. The van der Waals surface area contributed by atoms with Gasteiger partial charge in [-0.2, -0.15) is 18.4 Å². The minimum Gasteiger partial charge on any atom is -0.444 e. The van der Waals surface area contributed by atoms with Crippen molar-refractivity contribution in [2.24, 2.45) is 0 Å². The smallest absolute Gasteiger partial charge is 0.416 e. The number of carbonyl (C=O) groups excluding carboxylic acids is 1. The molecule has 1 amide bonds. The fraction of sp³-hybridized carbons (Fsp3) is 0.292. The zero-order valence-corrected chi connectivity index (χ0v) is 18.7. The molecule has 0 aliphatic rings. The van der Waals surface area contributed by atoms with Crippen LogP contribution in [0.3, 0.4) is 0 Å². The van der Waals surface area contributed by atoms with Crippen molar-refractivity contribution in [1.29, 1.82) is 10.7 Å². The second-order valence-corrected chi connectivity index (χ2v) is 8.24. The lowest BCUT2D eigenvalue weighted by atomic mass is 9.96. The van der Waals surface area contributed by atoms with Crippen LogP contribution >= 0.6 is 0 Å². The molecule has 0 heterocycles. The van der Waals surface area contributed by atoms with Crippen molar-refractivity contribution < 1.29 is 22.7 Å². The molecule has 33 heavy (non-hydrogen) atoms. The summed E-state index contributed by atoms with van der Waals surface area (Å²) in [6.07, 6.45) is -4.22. The van der Waals surface area contributed by atoms with Crippen LogP contribution in [0.1, 0.15) is 50.4 Å². The summed E-state index contributed by atoms with van der Waals surface area (Å²) >= 11 is 0. The molecule has 2 aromatic carbocycles. The Morgan fingerprint density at radius 1 is 1.15 bits per heavy atom. The van der Waals surface area contributed by atoms with E-state index in [2.05, 4.69) is 10.6 Å². The SMILES string of the molecule is C/C(Nc1cccc(C(F)(F)F)c1)=C(\C=N)[C@H](NC(=O)OC(C)(C)C)c1ccc(C#N)cc1. The van der Waals surface area contributed by atoms with Crippen molar-refractivity contribution >= 4 is 18.0 Å². The third-order valence-electron chi connectivity index (χ3n) is 4.46. The number of carbonyl (C=O) groups is 1. The Bertz CT molecular complexity index is 1080. The first kappa shape index (κ1) is 25.5. The molecule has 0 aliphatic heterocycles. The molecule has 0 radical (unpaired) electrons.